The van der Waals surface area contributed by atoms with Crippen molar-refractivity contribution >= 4 is 17.5 Å². The number of ether oxygens (including phenoxy) is 2. The Bertz CT molecular complexity index is 432. The van der Waals surface area contributed by atoms with E-state index in [-0.39, 0.29) is 5.91 Å². The van der Waals surface area contributed by atoms with Crippen LogP contribution in [0, 0.1) is 0 Å². The Balaban J connectivity index is 2.03. The highest BCUT2D eigenvalue weighted by atomic mass is 35.5. The van der Waals surface area contributed by atoms with Crippen LogP contribution in [0.25, 0.3) is 0 Å². The van der Waals surface area contributed by atoms with Crippen LogP contribution in [0.5, 0.6) is 5.75 Å². The monoisotopic (exact) mass is 283 g/mol. The van der Waals surface area contributed by atoms with Crippen LogP contribution in [0.15, 0.2) is 24.3 Å². The smallest absolute Gasteiger partial charge is 0.263 e. The highest BCUT2D eigenvalue weighted by molar-refractivity contribution is 6.32. The number of nitrogens with zero attached hydrogens (tertiary/aromatic N) is 1. The topological polar surface area (TPSA) is 38.8 Å². The minimum atomic E-state index is -0.488. The van der Waals surface area contributed by atoms with Gasteiger partial charge in [-0.3, -0.25) is 4.79 Å². The summed E-state index contributed by atoms with van der Waals surface area (Å²) in [5.41, 5.74) is 0. The van der Waals surface area contributed by atoms with Crippen molar-refractivity contribution in [3.8, 4) is 5.75 Å². The van der Waals surface area contributed by atoms with Crippen molar-refractivity contribution in [2.75, 3.05) is 26.3 Å². The van der Waals surface area contributed by atoms with E-state index in [1.807, 2.05) is 19.1 Å². The van der Waals surface area contributed by atoms with Gasteiger partial charge in [0.1, 0.15) is 5.75 Å². The number of hydrogen-bond acceptors (Lipinski definition) is 3. The standard InChI is InChI=1S/C14H18ClNO3/c1-2-12(14(17)16-7-9-18-10-8-16)19-13-6-4-3-5-11(13)15/h3-6,12H,2,7-10H2,1H3/t12-/m1/s1. The van der Waals surface area contributed by atoms with Crippen molar-refractivity contribution in [2.24, 2.45) is 0 Å². The Morgan fingerprint density at radius 1 is 1.42 bits per heavy atom. The first-order chi connectivity index (χ1) is 9.22. The molecule has 1 fully saturated rings. The number of rotatable bonds is 4. The number of hydrogen-bond donors (Lipinski definition) is 0. The largest absolute Gasteiger partial charge is 0.479 e. The number of carbonyl (C=O) groups is 1. The molecule has 0 spiro atoms. The molecule has 0 N–H and O–H groups in total. The third-order valence-corrected chi connectivity index (χ3v) is 3.39. The lowest BCUT2D eigenvalue weighted by Gasteiger charge is -2.30. The van der Waals surface area contributed by atoms with Gasteiger partial charge in [-0.1, -0.05) is 30.7 Å². The summed E-state index contributed by atoms with van der Waals surface area (Å²) in [4.78, 5) is 14.1. The molecule has 19 heavy (non-hydrogen) atoms. The fraction of sp³-hybridized carbons (Fsp3) is 0.500. The molecule has 2 rings (SSSR count). The zero-order valence-corrected chi connectivity index (χ0v) is 11.7. The van der Waals surface area contributed by atoms with Crippen LogP contribution in [-0.2, 0) is 9.53 Å². The number of benzene rings is 1. The molecular weight excluding hydrogens is 266 g/mol. The van der Waals surface area contributed by atoms with Crippen molar-refractivity contribution in [2.45, 2.75) is 19.4 Å². The van der Waals surface area contributed by atoms with Crippen molar-refractivity contribution < 1.29 is 14.3 Å². The van der Waals surface area contributed by atoms with Gasteiger partial charge in [0.2, 0.25) is 0 Å². The summed E-state index contributed by atoms with van der Waals surface area (Å²) in [5.74, 6) is 0.559. The summed E-state index contributed by atoms with van der Waals surface area (Å²) in [5, 5.41) is 0.524. The molecule has 1 heterocycles. The molecule has 1 aliphatic rings. The maximum atomic E-state index is 12.3. The van der Waals surface area contributed by atoms with Gasteiger partial charge in [-0.25, -0.2) is 0 Å². The van der Waals surface area contributed by atoms with E-state index in [4.69, 9.17) is 21.1 Å². The van der Waals surface area contributed by atoms with Gasteiger partial charge >= 0.3 is 0 Å². The van der Waals surface area contributed by atoms with E-state index in [1.165, 1.54) is 0 Å². The molecule has 1 aliphatic heterocycles. The molecule has 0 unspecified atom stereocenters. The van der Waals surface area contributed by atoms with Crippen LogP contribution in [0.1, 0.15) is 13.3 Å². The first-order valence-corrected chi connectivity index (χ1v) is 6.88. The molecular formula is C14H18ClNO3. The molecule has 1 aromatic rings. The molecule has 0 radical (unpaired) electrons. The average molecular weight is 284 g/mol. The molecule has 1 amide bonds. The molecule has 0 aromatic heterocycles. The maximum absolute atomic E-state index is 12.3. The quantitative estimate of drug-likeness (QED) is 0.851. The highest BCUT2D eigenvalue weighted by Gasteiger charge is 2.26. The first kappa shape index (κ1) is 14.2. The van der Waals surface area contributed by atoms with E-state index in [0.29, 0.717) is 43.5 Å². The van der Waals surface area contributed by atoms with Gasteiger partial charge in [-0.05, 0) is 18.6 Å². The van der Waals surface area contributed by atoms with E-state index < -0.39 is 6.10 Å². The van der Waals surface area contributed by atoms with Gasteiger partial charge in [-0.2, -0.15) is 0 Å². The number of halogens is 1. The minimum absolute atomic E-state index is 0.00530. The van der Waals surface area contributed by atoms with Crippen LogP contribution in [-0.4, -0.2) is 43.2 Å². The second kappa shape index (κ2) is 6.78. The molecule has 0 bridgehead atoms. The summed E-state index contributed by atoms with van der Waals surface area (Å²) in [7, 11) is 0. The van der Waals surface area contributed by atoms with Gasteiger partial charge in [0.15, 0.2) is 6.10 Å². The van der Waals surface area contributed by atoms with Crippen LogP contribution < -0.4 is 4.74 Å². The number of carbonyl (C=O) groups excluding carboxylic acids is 1. The Morgan fingerprint density at radius 3 is 2.74 bits per heavy atom. The van der Waals surface area contributed by atoms with Crippen molar-refractivity contribution in [3.05, 3.63) is 29.3 Å². The van der Waals surface area contributed by atoms with Crippen molar-refractivity contribution in [1.82, 2.24) is 4.90 Å². The Labute approximate surface area is 118 Å². The normalized spacial score (nSPS) is 17.1. The molecule has 1 saturated heterocycles. The predicted octanol–water partition coefficient (Wildman–Crippen LogP) is 2.36. The SMILES string of the molecule is CC[C@@H](Oc1ccccc1Cl)C(=O)N1CCOCC1. The first-order valence-electron chi connectivity index (χ1n) is 6.50. The van der Waals surface area contributed by atoms with Crippen LogP contribution in [0.3, 0.4) is 0 Å². The summed E-state index contributed by atoms with van der Waals surface area (Å²) in [6, 6.07) is 7.20. The minimum Gasteiger partial charge on any atom is -0.479 e. The van der Waals surface area contributed by atoms with Crippen LogP contribution >= 0.6 is 11.6 Å². The van der Waals surface area contributed by atoms with E-state index in [9.17, 15) is 4.79 Å². The Morgan fingerprint density at radius 2 is 2.11 bits per heavy atom. The molecule has 1 atom stereocenters. The molecule has 0 aliphatic carbocycles. The lowest BCUT2D eigenvalue weighted by atomic mass is 10.2. The van der Waals surface area contributed by atoms with Crippen LogP contribution in [0.2, 0.25) is 5.02 Å². The molecule has 104 valence electrons. The van der Waals surface area contributed by atoms with Crippen molar-refractivity contribution in [3.63, 3.8) is 0 Å². The highest BCUT2D eigenvalue weighted by Crippen LogP contribution is 2.25. The van der Waals surface area contributed by atoms with Gasteiger partial charge in [-0.15, -0.1) is 0 Å². The number of morpholine rings is 1. The zero-order valence-electron chi connectivity index (χ0n) is 11.0. The average Bonchev–Trinajstić information content (AvgIpc) is 2.47. The fourth-order valence-corrected chi connectivity index (χ4v) is 2.17. The summed E-state index contributed by atoms with van der Waals surface area (Å²) >= 11 is 6.05. The lowest BCUT2D eigenvalue weighted by Crippen LogP contribution is -2.47. The van der Waals surface area contributed by atoms with E-state index in [1.54, 1.807) is 17.0 Å². The summed E-state index contributed by atoms with van der Waals surface area (Å²) in [6.45, 7) is 4.37. The summed E-state index contributed by atoms with van der Waals surface area (Å²) in [6.07, 6.45) is 0.125. The molecule has 1 aromatic carbocycles. The third-order valence-electron chi connectivity index (χ3n) is 3.07. The predicted molar refractivity (Wildman–Crippen MR) is 73.6 cm³/mol. The lowest BCUT2D eigenvalue weighted by molar-refractivity contribution is -0.142. The fourth-order valence-electron chi connectivity index (χ4n) is 1.99. The molecule has 5 heteroatoms. The van der Waals surface area contributed by atoms with E-state index in [0.717, 1.165) is 0 Å². The maximum Gasteiger partial charge on any atom is 0.263 e. The van der Waals surface area contributed by atoms with Crippen LogP contribution in [0.4, 0.5) is 0 Å². The van der Waals surface area contributed by atoms with Crippen molar-refractivity contribution in [1.29, 1.82) is 0 Å². The van der Waals surface area contributed by atoms with E-state index >= 15 is 0 Å². The second-order valence-electron chi connectivity index (χ2n) is 4.38. The summed E-state index contributed by atoms with van der Waals surface area (Å²) < 4.78 is 11.0. The number of amides is 1. The third kappa shape index (κ3) is 3.61. The van der Waals surface area contributed by atoms with E-state index in [2.05, 4.69) is 0 Å². The Hall–Kier alpha value is -1.26. The molecule has 4 nitrogen and oxygen atoms in total. The van der Waals surface area contributed by atoms with Gasteiger partial charge in [0.05, 0.1) is 18.2 Å². The molecule has 0 saturated carbocycles. The zero-order chi connectivity index (χ0) is 13.7. The van der Waals surface area contributed by atoms with Gasteiger partial charge in [0.25, 0.3) is 5.91 Å². The Kier molecular flexibility index (Phi) is 5.05. The second-order valence-corrected chi connectivity index (χ2v) is 4.79. The van der Waals surface area contributed by atoms with Gasteiger partial charge in [0, 0.05) is 13.1 Å². The van der Waals surface area contributed by atoms with Gasteiger partial charge < -0.3 is 14.4 Å². The number of para-hydroxylation sites is 1.